The van der Waals surface area contributed by atoms with Crippen LogP contribution in [0, 0.1) is 5.92 Å². The molecule has 0 fully saturated rings. The number of ether oxygens (including phenoxy) is 1. The molecule has 0 aromatic carbocycles. The molecular formula is C8H19NO2S. The highest BCUT2D eigenvalue weighted by atomic mass is 32.2. The van der Waals surface area contributed by atoms with Crippen LogP contribution in [0.25, 0.3) is 0 Å². The van der Waals surface area contributed by atoms with Gasteiger partial charge in [0.2, 0.25) is 0 Å². The van der Waals surface area contributed by atoms with Crippen molar-refractivity contribution in [2.75, 3.05) is 26.0 Å². The summed E-state index contributed by atoms with van der Waals surface area (Å²) in [6.07, 6.45) is 0. The molecule has 74 valence electrons. The first-order valence-corrected chi connectivity index (χ1v) is 5.56. The van der Waals surface area contributed by atoms with E-state index >= 15 is 0 Å². The van der Waals surface area contributed by atoms with Crippen LogP contribution in [0.1, 0.15) is 13.8 Å². The smallest absolute Gasteiger partial charge is 0.0603 e. The van der Waals surface area contributed by atoms with E-state index in [1.54, 1.807) is 7.11 Å². The van der Waals surface area contributed by atoms with Crippen molar-refractivity contribution in [3.05, 3.63) is 0 Å². The lowest BCUT2D eigenvalue weighted by atomic mass is 10.2. The third-order valence-electron chi connectivity index (χ3n) is 1.70. The normalized spacial score (nSPS) is 18.7. The monoisotopic (exact) mass is 193 g/mol. The molecule has 0 aromatic heterocycles. The van der Waals surface area contributed by atoms with Gasteiger partial charge >= 0.3 is 0 Å². The van der Waals surface area contributed by atoms with Gasteiger partial charge < -0.3 is 10.5 Å². The topological polar surface area (TPSA) is 52.3 Å². The number of hydrogen-bond acceptors (Lipinski definition) is 3. The highest BCUT2D eigenvalue weighted by Crippen LogP contribution is 2.02. The van der Waals surface area contributed by atoms with Gasteiger partial charge in [-0.2, -0.15) is 0 Å². The maximum Gasteiger partial charge on any atom is 0.0603 e. The third kappa shape index (κ3) is 4.85. The summed E-state index contributed by atoms with van der Waals surface area (Å²) in [5.74, 6) is 1.02. The Morgan fingerprint density at radius 3 is 2.50 bits per heavy atom. The molecule has 0 aliphatic rings. The van der Waals surface area contributed by atoms with Gasteiger partial charge in [0.15, 0.2) is 0 Å². The minimum Gasteiger partial charge on any atom is -0.383 e. The summed E-state index contributed by atoms with van der Waals surface area (Å²) in [5.41, 5.74) is 5.43. The first-order chi connectivity index (χ1) is 5.61. The first kappa shape index (κ1) is 12.1. The average Bonchev–Trinajstić information content (AvgIpc) is 2.04. The second-order valence-corrected chi connectivity index (χ2v) is 5.05. The summed E-state index contributed by atoms with van der Waals surface area (Å²) in [4.78, 5) is 0. The van der Waals surface area contributed by atoms with Crippen LogP contribution in [0.4, 0.5) is 0 Å². The van der Waals surface area contributed by atoms with E-state index in [1.165, 1.54) is 0 Å². The fraction of sp³-hybridized carbons (Fsp3) is 1.00. The molecule has 3 unspecified atom stereocenters. The van der Waals surface area contributed by atoms with Crippen molar-refractivity contribution >= 4 is 10.8 Å². The lowest BCUT2D eigenvalue weighted by molar-refractivity contribution is 0.201. The molecular weight excluding hydrogens is 174 g/mol. The Balaban J connectivity index is 3.70. The molecule has 0 amide bonds. The van der Waals surface area contributed by atoms with Crippen LogP contribution in [0.3, 0.4) is 0 Å². The van der Waals surface area contributed by atoms with Gasteiger partial charge in [0, 0.05) is 23.7 Å². The van der Waals surface area contributed by atoms with Crippen LogP contribution in [-0.2, 0) is 15.5 Å². The fourth-order valence-corrected chi connectivity index (χ4v) is 2.14. The van der Waals surface area contributed by atoms with E-state index in [4.69, 9.17) is 10.5 Å². The third-order valence-corrected chi connectivity index (χ3v) is 3.63. The van der Waals surface area contributed by atoms with Crippen LogP contribution in [-0.4, -0.2) is 35.5 Å². The molecule has 2 N–H and O–H groups in total. The Labute approximate surface area is 77.1 Å². The van der Waals surface area contributed by atoms with Crippen molar-refractivity contribution in [2.24, 2.45) is 11.7 Å². The predicted molar refractivity (Wildman–Crippen MR) is 52.6 cm³/mol. The van der Waals surface area contributed by atoms with E-state index in [0.717, 1.165) is 0 Å². The van der Waals surface area contributed by atoms with Gasteiger partial charge in [-0.1, -0.05) is 6.92 Å². The molecule has 3 atom stereocenters. The van der Waals surface area contributed by atoms with Crippen molar-refractivity contribution in [1.82, 2.24) is 0 Å². The summed E-state index contributed by atoms with van der Waals surface area (Å²) in [6.45, 7) is 5.11. The number of rotatable bonds is 6. The molecule has 0 saturated heterocycles. The predicted octanol–water partition coefficient (Wildman–Crippen LogP) is 0.365. The van der Waals surface area contributed by atoms with Gasteiger partial charge in [0.05, 0.1) is 11.9 Å². The van der Waals surface area contributed by atoms with E-state index < -0.39 is 10.8 Å². The van der Waals surface area contributed by atoms with Crippen molar-refractivity contribution < 1.29 is 8.95 Å². The molecule has 4 heteroatoms. The molecule has 0 heterocycles. The highest BCUT2D eigenvalue weighted by Gasteiger charge is 2.13. The quantitative estimate of drug-likeness (QED) is 0.663. The van der Waals surface area contributed by atoms with Gasteiger partial charge in [-0.25, -0.2) is 0 Å². The van der Waals surface area contributed by atoms with Crippen LogP contribution in [0.2, 0.25) is 0 Å². The van der Waals surface area contributed by atoms with Crippen molar-refractivity contribution in [3.8, 4) is 0 Å². The minimum atomic E-state index is -0.800. The van der Waals surface area contributed by atoms with Gasteiger partial charge in [-0.05, 0) is 19.4 Å². The molecule has 0 rings (SSSR count). The fourth-order valence-electron chi connectivity index (χ4n) is 0.823. The van der Waals surface area contributed by atoms with Crippen molar-refractivity contribution in [2.45, 2.75) is 19.1 Å². The zero-order chi connectivity index (χ0) is 9.56. The SMILES string of the molecule is COCC(C)S(=O)CC(C)CN. The summed E-state index contributed by atoms with van der Waals surface area (Å²) < 4.78 is 16.4. The molecule has 0 radical (unpaired) electrons. The largest absolute Gasteiger partial charge is 0.383 e. The van der Waals surface area contributed by atoms with E-state index in [9.17, 15) is 4.21 Å². The van der Waals surface area contributed by atoms with Crippen molar-refractivity contribution in [3.63, 3.8) is 0 Å². The zero-order valence-corrected chi connectivity index (χ0v) is 8.89. The summed E-state index contributed by atoms with van der Waals surface area (Å²) in [6, 6.07) is 0. The summed E-state index contributed by atoms with van der Waals surface area (Å²) >= 11 is 0. The van der Waals surface area contributed by atoms with Gasteiger partial charge in [-0.15, -0.1) is 0 Å². The summed E-state index contributed by atoms with van der Waals surface area (Å²) in [7, 11) is 0.825. The number of nitrogens with two attached hydrogens (primary N) is 1. The zero-order valence-electron chi connectivity index (χ0n) is 8.08. The molecule has 0 aliphatic carbocycles. The summed E-state index contributed by atoms with van der Waals surface area (Å²) in [5, 5.41) is 0.115. The van der Waals surface area contributed by atoms with E-state index in [0.29, 0.717) is 24.8 Å². The number of methoxy groups -OCH3 is 1. The molecule has 0 saturated carbocycles. The Kier molecular flexibility index (Phi) is 6.61. The molecule has 3 nitrogen and oxygen atoms in total. The van der Waals surface area contributed by atoms with E-state index in [1.807, 2.05) is 13.8 Å². The first-order valence-electron chi connectivity index (χ1n) is 4.18. The minimum absolute atomic E-state index is 0.115. The molecule has 0 bridgehead atoms. The maximum atomic E-state index is 11.5. The van der Waals surface area contributed by atoms with Crippen molar-refractivity contribution in [1.29, 1.82) is 0 Å². The second-order valence-electron chi connectivity index (χ2n) is 3.15. The van der Waals surface area contributed by atoms with Crippen LogP contribution < -0.4 is 5.73 Å². The molecule has 0 aliphatic heterocycles. The van der Waals surface area contributed by atoms with E-state index in [-0.39, 0.29) is 5.25 Å². The maximum absolute atomic E-state index is 11.5. The molecule has 0 aromatic rings. The number of hydrogen-bond donors (Lipinski definition) is 1. The Morgan fingerprint density at radius 1 is 1.50 bits per heavy atom. The molecule has 0 spiro atoms. The highest BCUT2D eigenvalue weighted by molar-refractivity contribution is 7.85. The molecule has 12 heavy (non-hydrogen) atoms. The Morgan fingerprint density at radius 2 is 2.08 bits per heavy atom. The lowest BCUT2D eigenvalue weighted by Gasteiger charge is -2.13. The van der Waals surface area contributed by atoms with Crippen LogP contribution in [0.5, 0.6) is 0 Å². The lowest BCUT2D eigenvalue weighted by Crippen LogP contribution is -2.25. The van der Waals surface area contributed by atoms with Crippen LogP contribution in [0.15, 0.2) is 0 Å². The van der Waals surface area contributed by atoms with E-state index in [2.05, 4.69) is 0 Å². The average molecular weight is 193 g/mol. The standard InChI is InChI=1S/C8H19NO2S/c1-7(4-9)6-12(10)8(2)5-11-3/h7-8H,4-6,9H2,1-3H3. The Bertz CT molecular complexity index is 141. The second kappa shape index (κ2) is 6.57. The Hall–Kier alpha value is 0.0700. The van der Waals surface area contributed by atoms with Crippen LogP contribution >= 0.6 is 0 Å². The van der Waals surface area contributed by atoms with Gasteiger partial charge in [0.1, 0.15) is 0 Å². The van der Waals surface area contributed by atoms with Gasteiger partial charge in [-0.3, -0.25) is 4.21 Å². The van der Waals surface area contributed by atoms with Gasteiger partial charge in [0.25, 0.3) is 0 Å².